The Morgan fingerprint density at radius 2 is 2.12 bits per heavy atom. The van der Waals surface area contributed by atoms with Crippen LogP contribution in [0.4, 0.5) is 0 Å². The van der Waals surface area contributed by atoms with Gasteiger partial charge in [0, 0.05) is 18.0 Å². The summed E-state index contributed by atoms with van der Waals surface area (Å²) in [4.78, 5) is 0. The SMILES string of the molecule is CC(C)n1ncc(Cl)c1C1CCCCC1N. The van der Waals surface area contributed by atoms with Crippen molar-refractivity contribution >= 4 is 11.6 Å². The molecule has 16 heavy (non-hydrogen) atoms. The molecule has 1 aromatic rings. The molecular formula is C12H20ClN3. The first-order valence-electron chi connectivity index (χ1n) is 6.09. The predicted octanol–water partition coefficient (Wildman–Crippen LogP) is 3.10. The summed E-state index contributed by atoms with van der Waals surface area (Å²) in [6.45, 7) is 4.25. The van der Waals surface area contributed by atoms with Crippen LogP contribution in [0, 0.1) is 0 Å². The van der Waals surface area contributed by atoms with Crippen LogP contribution in [0.5, 0.6) is 0 Å². The Labute approximate surface area is 102 Å². The zero-order valence-corrected chi connectivity index (χ0v) is 10.7. The molecule has 0 amide bonds. The van der Waals surface area contributed by atoms with Crippen molar-refractivity contribution in [3.8, 4) is 0 Å². The topological polar surface area (TPSA) is 43.8 Å². The van der Waals surface area contributed by atoms with E-state index >= 15 is 0 Å². The standard InChI is InChI=1S/C12H20ClN3/c1-8(2)16-12(10(13)7-15-16)9-5-3-4-6-11(9)14/h7-9,11H,3-6,14H2,1-2H3. The molecule has 0 bridgehead atoms. The lowest BCUT2D eigenvalue weighted by Gasteiger charge is -2.30. The lowest BCUT2D eigenvalue weighted by molar-refractivity contribution is 0.357. The molecule has 1 heterocycles. The fraction of sp³-hybridized carbons (Fsp3) is 0.750. The summed E-state index contributed by atoms with van der Waals surface area (Å²) in [6.07, 6.45) is 6.48. The molecule has 2 unspecified atom stereocenters. The maximum Gasteiger partial charge on any atom is 0.0821 e. The van der Waals surface area contributed by atoms with Crippen molar-refractivity contribution in [3.63, 3.8) is 0 Å². The number of nitrogens with two attached hydrogens (primary N) is 1. The van der Waals surface area contributed by atoms with Crippen LogP contribution in [-0.4, -0.2) is 15.8 Å². The number of rotatable bonds is 2. The molecule has 0 spiro atoms. The van der Waals surface area contributed by atoms with E-state index in [1.807, 2.05) is 4.68 Å². The molecule has 0 saturated heterocycles. The average Bonchev–Trinajstić information content (AvgIpc) is 2.61. The van der Waals surface area contributed by atoms with E-state index in [1.54, 1.807) is 6.20 Å². The van der Waals surface area contributed by atoms with E-state index in [0.717, 1.165) is 23.6 Å². The fourth-order valence-corrected chi connectivity index (χ4v) is 2.88. The molecule has 1 aliphatic carbocycles. The third-order valence-electron chi connectivity index (χ3n) is 3.45. The highest BCUT2D eigenvalue weighted by atomic mass is 35.5. The number of nitrogens with zero attached hydrogens (tertiary/aromatic N) is 2. The molecule has 3 nitrogen and oxygen atoms in total. The van der Waals surface area contributed by atoms with E-state index in [-0.39, 0.29) is 6.04 Å². The molecule has 2 atom stereocenters. The molecule has 2 rings (SSSR count). The van der Waals surface area contributed by atoms with Crippen molar-refractivity contribution in [1.82, 2.24) is 9.78 Å². The molecule has 2 N–H and O–H groups in total. The van der Waals surface area contributed by atoms with Gasteiger partial charge in [-0.2, -0.15) is 5.10 Å². The van der Waals surface area contributed by atoms with E-state index in [0.29, 0.717) is 12.0 Å². The Morgan fingerprint density at radius 1 is 1.44 bits per heavy atom. The van der Waals surface area contributed by atoms with Crippen molar-refractivity contribution in [2.24, 2.45) is 5.73 Å². The third kappa shape index (κ3) is 2.11. The molecule has 0 radical (unpaired) electrons. The lowest BCUT2D eigenvalue weighted by Crippen LogP contribution is -2.33. The normalized spacial score (nSPS) is 26.3. The largest absolute Gasteiger partial charge is 0.327 e. The van der Waals surface area contributed by atoms with Gasteiger partial charge in [-0.25, -0.2) is 0 Å². The highest BCUT2D eigenvalue weighted by molar-refractivity contribution is 6.31. The van der Waals surface area contributed by atoms with Crippen LogP contribution >= 0.6 is 11.6 Å². The Bertz CT molecular complexity index is 359. The average molecular weight is 242 g/mol. The molecule has 90 valence electrons. The highest BCUT2D eigenvalue weighted by Crippen LogP contribution is 2.36. The summed E-state index contributed by atoms with van der Waals surface area (Å²) in [7, 11) is 0. The summed E-state index contributed by atoms with van der Waals surface area (Å²) < 4.78 is 2.03. The molecular weight excluding hydrogens is 222 g/mol. The first-order chi connectivity index (χ1) is 7.61. The van der Waals surface area contributed by atoms with Gasteiger partial charge in [0.1, 0.15) is 0 Å². The van der Waals surface area contributed by atoms with Gasteiger partial charge < -0.3 is 5.73 Å². The highest BCUT2D eigenvalue weighted by Gasteiger charge is 2.29. The van der Waals surface area contributed by atoms with Crippen LogP contribution in [0.25, 0.3) is 0 Å². The van der Waals surface area contributed by atoms with Gasteiger partial charge in [-0.05, 0) is 26.7 Å². The second kappa shape index (κ2) is 4.76. The Kier molecular flexibility index (Phi) is 3.55. The minimum Gasteiger partial charge on any atom is -0.327 e. The van der Waals surface area contributed by atoms with Crippen molar-refractivity contribution in [2.75, 3.05) is 0 Å². The summed E-state index contributed by atoms with van der Waals surface area (Å²) in [5.41, 5.74) is 7.35. The summed E-state index contributed by atoms with van der Waals surface area (Å²) >= 11 is 6.25. The maximum absolute atomic E-state index is 6.25. The van der Waals surface area contributed by atoms with Gasteiger partial charge in [0.05, 0.1) is 16.9 Å². The van der Waals surface area contributed by atoms with Crippen LogP contribution in [-0.2, 0) is 0 Å². The van der Waals surface area contributed by atoms with E-state index in [1.165, 1.54) is 12.8 Å². The molecule has 4 heteroatoms. The minimum atomic E-state index is 0.237. The molecule has 1 fully saturated rings. The van der Waals surface area contributed by atoms with E-state index in [9.17, 15) is 0 Å². The van der Waals surface area contributed by atoms with Gasteiger partial charge in [-0.3, -0.25) is 4.68 Å². The number of hydrogen-bond donors (Lipinski definition) is 1. The summed E-state index contributed by atoms with van der Waals surface area (Å²) in [5, 5.41) is 5.13. The van der Waals surface area contributed by atoms with Gasteiger partial charge in [0.15, 0.2) is 0 Å². The molecule has 0 aromatic carbocycles. The van der Waals surface area contributed by atoms with Crippen molar-refractivity contribution in [3.05, 3.63) is 16.9 Å². The molecule has 1 saturated carbocycles. The van der Waals surface area contributed by atoms with Crippen LogP contribution in [0.3, 0.4) is 0 Å². The van der Waals surface area contributed by atoms with Gasteiger partial charge in [0.2, 0.25) is 0 Å². The van der Waals surface area contributed by atoms with Gasteiger partial charge in [0.25, 0.3) is 0 Å². The molecule has 0 aliphatic heterocycles. The zero-order valence-electron chi connectivity index (χ0n) is 9.99. The van der Waals surface area contributed by atoms with Crippen molar-refractivity contribution in [1.29, 1.82) is 0 Å². The molecule has 1 aromatic heterocycles. The van der Waals surface area contributed by atoms with Gasteiger partial charge >= 0.3 is 0 Å². The summed E-state index contributed by atoms with van der Waals surface area (Å²) in [5.74, 6) is 0.381. The number of aromatic nitrogens is 2. The number of hydrogen-bond acceptors (Lipinski definition) is 2. The van der Waals surface area contributed by atoms with E-state index < -0.39 is 0 Å². The van der Waals surface area contributed by atoms with Crippen LogP contribution < -0.4 is 5.73 Å². The first kappa shape index (κ1) is 11.9. The van der Waals surface area contributed by atoms with E-state index in [2.05, 4.69) is 18.9 Å². The lowest BCUT2D eigenvalue weighted by atomic mass is 9.83. The number of halogens is 1. The minimum absolute atomic E-state index is 0.237. The Hall–Kier alpha value is -0.540. The fourth-order valence-electron chi connectivity index (χ4n) is 2.61. The maximum atomic E-state index is 6.25. The summed E-state index contributed by atoms with van der Waals surface area (Å²) in [6, 6.07) is 0.581. The van der Waals surface area contributed by atoms with Crippen LogP contribution in [0.2, 0.25) is 5.02 Å². The van der Waals surface area contributed by atoms with Crippen LogP contribution in [0.15, 0.2) is 6.20 Å². The first-order valence-corrected chi connectivity index (χ1v) is 6.47. The van der Waals surface area contributed by atoms with Crippen molar-refractivity contribution in [2.45, 2.75) is 57.5 Å². The monoisotopic (exact) mass is 241 g/mol. The zero-order chi connectivity index (χ0) is 11.7. The third-order valence-corrected chi connectivity index (χ3v) is 3.74. The Morgan fingerprint density at radius 3 is 2.75 bits per heavy atom. The second-order valence-electron chi connectivity index (χ2n) is 4.97. The van der Waals surface area contributed by atoms with Gasteiger partial charge in [-0.1, -0.05) is 24.4 Å². The van der Waals surface area contributed by atoms with E-state index in [4.69, 9.17) is 17.3 Å². The molecule has 1 aliphatic rings. The van der Waals surface area contributed by atoms with Gasteiger partial charge in [-0.15, -0.1) is 0 Å². The predicted molar refractivity (Wildman–Crippen MR) is 66.8 cm³/mol. The second-order valence-corrected chi connectivity index (χ2v) is 5.38. The van der Waals surface area contributed by atoms with Crippen molar-refractivity contribution < 1.29 is 0 Å². The van der Waals surface area contributed by atoms with Crippen LogP contribution in [0.1, 0.15) is 57.2 Å². The quantitative estimate of drug-likeness (QED) is 0.865. The smallest absolute Gasteiger partial charge is 0.0821 e. The Balaban J connectivity index is 2.33.